The number of carbonyl (C=O) groups excluding carboxylic acids is 1. The molecule has 0 N–H and O–H groups in total. The van der Waals surface area contributed by atoms with Gasteiger partial charge in [0.05, 0.1) is 0 Å². The highest BCUT2D eigenvalue weighted by Gasteiger charge is 2.27. The van der Waals surface area contributed by atoms with E-state index in [9.17, 15) is 4.79 Å². The smallest absolute Gasteiger partial charge is 0.410 e. The summed E-state index contributed by atoms with van der Waals surface area (Å²) >= 11 is 0. The fraction of sp³-hybridized carbons (Fsp3) is 0.917. The van der Waals surface area contributed by atoms with E-state index in [2.05, 4.69) is 11.9 Å². The van der Waals surface area contributed by atoms with Crippen molar-refractivity contribution in [2.45, 2.75) is 45.3 Å². The van der Waals surface area contributed by atoms with Gasteiger partial charge in [0.1, 0.15) is 5.60 Å². The molecular formula is C12H24N2O2. The normalized spacial score (nSPS) is 22.9. The molecule has 1 fully saturated rings. The van der Waals surface area contributed by atoms with Crippen molar-refractivity contribution < 1.29 is 9.53 Å². The van der Waals surface area contributed by atoms with Crippen molar-refractivity contribution in [1.82, 2.24) is 9.80 Å². The Balaban J connectivity index is 2.49. The van der Waals surface area contributed by atoms with Gasteiger partial charge in [0, 0.05) is 19.6 Å². The van der Waals surface area contributed by atoms with Crippen LogP contribution in [0.1, 0.15) is 33.6 Å². The molecule has 0 aromatic carbocycles. The molecule has 1 rings (SSSR count). The Morgan fingerprint density at radius 3 is 2.56 bits per heavy atom. The predicted octanol–water partition coefficient (Wildman–Crippen LogP) is 1.95. The lowest BCUT2D eigenvalue weighted by atomic mass is 10.1. The second-order valence-corrected chi connectivity index (χ2v) is 5.65. The molecule has 0 saturated carbocycles. The van der Waals surface area contributed by atoms with Gasteiger partial charge in [-0.3, -0.25) is 0 Å². The summed E-state index contributed by atoms with van der Waals surface area (Å²) < 4.78 is 5.36. The number of nitrogens with zero attached hydrogens (tertiary/aromatic N) is 2. The van der Waals surface area contributed by atoms with Crippen LogP contribution in [0.25, 0.3) is 0 Å². The number of carbonyl (C=O) groups is 1. The maximum atomic E-state index is 11.8. The third-order valence-corrected chi connectivity index (χ3v) is 2.83. The highest BCUT2D eigenvalue weighted by molar-refractivity contribution is 5.68. The molecule has 0 bridgehead atoms. The first-order valence-corrected chi connectivity index (χ1v) is 5.94. The van der Waals surface area contributed by atoms with Crippen molar-refractivity contribution in [1.29, 1.82) is 0 Å². The van der Waals surface area contributed by atoms with Crippen LogP contribution in [0, 0.1) is 0 Å². The zero-order valence-corrected chi connectivity index (χ0v) is 11.1. The Kier molecular flexibility index (Phi) is 4.19. The maximum Gasteiger partial charge on any atom is 0.410 e. The van der Waals surface area contributed by atoms with Crippen molar-refractivity contribution in [3.05, 3.63) is 0 Å². The molecule has 0 radical (unpaired) electrons. The highest BCUT2D eigenvalue weighted by atomic mass is 16.6. The number of hydrogen-bond acceptors (Lipinski definition) is 3. The highest BCUT2D eigenvalue weighted by Crippen LogP contribution is 2.16. The van der Waals surface area contributed by atoms with Crippen LogP contribution in [0.15, 0.2) is 0 Å². The number of likely N-dealkylation sites (N-methyl/N-ethyl adjacent to an activating group) is 2. The summed E-state index contributed by atoms with van der Waals surface area (Å²) in [5, 5.41) is 0. The van der Waals surface area contributed by atoms with Crippen LogP contribution in [0.2, 0.25) is 0 Å². The number of ether oxygens (including phenoxy) is 1. The van der Waals surface area contributed by atoms with E-state index in [1.54, 1.807) is 4.90 Å². The summed E-state index contributed by atoms with van der Waals surface area (Å²) in [5.74, 6) is 0. The first-order valence-electron chi connectivity index (χ1n) is 5.94. The van der Waals surface area contributed by atoms with Crippen molar-refractivity contribution in [2.24, 2.45) is 0 Å². The lowest BCUT2D eigenvalue weighted by Gasteiger charge is -2.36. The quantitative estimate of drug-likeness (QED) is 0.687. The van der Waals surface area contributed by atoms with E-state index in [-0.39, 0.29) is 12.1 Å². The van der Waals surface area contributed by atoms with E-state index < -0.39 is 5.60 Å². The molecule has 0 aromatic rings. The molecule has 1 saturated heterocycles. The standard InChI is InChI=1S/C12H24N2O2/c1-12(2,3)16-11(15)14(5)10-7-6-8-13(4)9-10/h10H,6-9H2,1-5H3/t10-/m1/s1. The summed E-state index contributed by atoms with van der Waals surface area (Å²) in [6, 6.07) is 0.286. The van der Waals surface area contributed by atoms with Crippen molar-refractivity contribution in [3.8, 4) is 0 Å². The zero-order valence-electron chi connectivity index (χ0n) is 11.1. The molecule has 1 atom stereocenters. The summed E-state index contributed by atoms with van der Waals surface area (Å²) in [7, 11) is 3.92. The average Bonchev–Trinajstić information content (AvgIpc) is 2.14. The molecule has 94 valence electrons. The van der Waals surface area contributed by atoms with E-state index in [1.165, 1.54) is 0 Å². The molecule has 1 amide bonds. The Labute approximate surface area is 98.5 Å². The summed E-state index contributed by atoms with van der Waals surface area (Å²) in [6.07, 6.45) is 2.00. The molecule has 0 spiro atoms. The van der Waals surface area contributed by atoms with Gasteiger partial charge in [-0.25, -0.2) is 4.79 Å². The fourth-order valence-electron chi connectivity index (χ4n) is 1.94. The number of piperidine rings is 1. The second-order valence-electron chi connectivity index (χ2n) is 5.65. The Morgan fingerprint density at radius 2 is 2.06 bits per heavy atom. The number of amides is 1. The van der Waals surface area contributed by atoms with Gasteiger partial charge in [-0.15, -0.1) is 0 Å². The van der Waals surface area contributed by atoms with Crippen LogP contribution in [-0.2, 0) is 4.74 Å². The van der Waals surface area contributed by atoms with Crippen LogP contribution in [-0.4, -0.2) is 54.7 Å². The molecule has 0 unspecified atom stereocenters. The van der Waals surface area contributed by atoms with E-state index in [0.717, 1.165) is 25.9 Å². The van der Waals surface area contributed by atoms with Crippen molar-refractivity contribution in [2.75, 3.05) is 27.2 Å². The number of likely N-dealkylation sites (tertiary alicyclic amines) is 1. The molecule has 1 aliphatic rings. The van der Waals surface area contributed by atoms with Crippen LogP contribution >= 0.6 is 0 Å². The van der Waals surface area contributed by atoms with Crippen LogP contribution in [0.5, 0.6) is 0 Å². The monoisotopic (exact) mass is 228 g/mol. The largest absolute Gasteiger partial charge is 0.444 e. The summed E-state index contributed by atoms with van der Waals surface area (Å²) in [6.45, 7) is 7.75. The van der Waals surface area contributed by atoms with Gasteiger partial charge in [-0.1, -0.05) is 0 Å². The maximum absolute atomic E-state index is 11.8. The Bertz CT molecular complexity index is 248. The van der Waals surface area contributed by atoms with Crippen LogP contribution < -0.4 is 0 Å². The molecule has 1 aliphatic heterocycles. The molecule has 4 heteroatoms. The molecule has 0 aliphatic carbocycles. The van der Waals surface area contributed by atoms with Crippen LogP contribution in [0.3, 0.4) is 0 Å². The van der Waals surface area contributed by atoms with Gasteiger partial charge in [0.25, 0.3) is 0 Å². The van der Waals surface area contributed by atoms with Gasteiger partial charge in [-0.2, -0.15) is 0 Å². The van der Waals surface area contributed by atoms with Gasteiger partial charge in [0.15, 0.2) is 0 Å². The molecule has 16 heavy (non-hydrogen) atoms. The fourth-order valence-corrected chi connectivity index (χ4v) is 1.94. The SMILES string of the molecule is CN1CCC[C@@H](N(C)C(=O)OC(C)(C)C)C1. The summed E-state index contributed by atoms with van der Waals surface area (Å²) in [5.41, 5.74) is -0.411. The lowest BCUT2D eigenvalue weighted by molar-refractivity contribution is 0.0151. The summed E-state index contributed by atoms with van der Waals surface area (Å²) in [4.78, 5) is 15.8. The molecule has 1 heterocycles. The average molecular weight is 228 g/mol. The first-order chi connectivity index (χ1) is 7.29. The van der Waals surface area contributed by atoms with Gasteiger partial charge >= 0.3 is 6.09 Å². The minimum atomic E-state index is -0.411. The van der Waals surface area contributed by atoms with Gasteiger partial charge in [0.2, 0.25) is 0 Å². The minimum Gasteiger partial charge on any atom is -0.444 e. The van der Waals surface area contributed by atoms with E-state index >= 15 is 0 Å². The zero-order chi connectivity index (χ0) is 12.3. The minimum absolute atomic E-state index is 0.215. The van der Waals surface area contributed by atoms with Crippen molar-refractivity contribution >= 4 is 6.09 Å². The Hall–Kier alpha value is -0.770. The third-order valence-electron chi connectivity index (χ3n) is 2.83. The van der Waals surface area contributed by atoms with Gasteiger partial charge < -0.3 is 14.5 Å². The molecule has 4 nitrogen and oxygen atoms in total. The molecular weight excluding hydrogens is 204 g/mol. The van der Waals surface area contributed by atoms with E-state index in [1.807, 2.05) is 27.8 Å². The van der Waals surface area contributed by atoms with Crippen molar-refractivity contribution in [3.63, 3.8) is 0 Å². The van der Waals surface area contributed by atoms with E-state index in [0.29, 0.717) is 0 Å². The Morgan fingerprint density at radius 1 is 1.44 bits per heavy atom. The predicted molar refractivity (Wildman–Crippen MR) is 64.5 cm³/mol. The topological polar surface area (TPSA) is 32.8 Å². The lowest BCUT2D eigenvalue weighted by Crippen LogP contribution is -2.48. The van der Waals surface area contributed by atoms with E-state index in [4.69, 9.17) is 4.74 Å². The van der Waals surface area contributed by atoms with Crippen LogP contribution in [0.4, 0.5) is 4.79 Å². The second kappa shape index (κ2) is 5.04. The third kappa shape index (κ3) is 4.00. The number of hydrogen-bond donors (Lipinski definition) is 0. The number of rotatable bonds is 1. The molecule has 0 aromatic heterocycles. The van der Waals surface area contributed by atoms with Gasteiger partial charge in [-0.05, 0) is 47.2 Å². The first kappa shape index (κ1) is 13.3.